The van der Waals surface area contributed by atoms with Crippen molar-refractivity contribution in [1.82, 2.24) is 0 Å². The van der Waals surface area contributed by atoms with Gasteiger partial charge >= 0.3 is 153 Å². The summed E-state index contributed by atoms with van der Waals surface area (Å²) >= 11 is -3.36. The monoisotopic (exact) mass is 406 g/mol. The van der Waals surface area contributed by atoms with E-state index in [1.54, 1.807) is 22.3 Å². The third-order valence-corrected chi connectivity index (χ3v) is 24.2. The van der Waals surface area contributed by atoms with Crippen LogP contribution in [0.4, 0.5) is 0 Å². The Bertz CT molecular complexity index is 921. The van der Waals surface area contributed by atoms with E-state index in [1.165, 1.54) is 11.1 Å². The van der Waals surface area contributed by atoms with Crippen LogP contribution < -0.4 is 0 Å². The van der Waals surface area contributed by atoms with Gasteiger partial charge in [0.15, 0.2) is 0 Å². The molecule has 0 N–H and O–H groups in total. The summed E-state index contributed by atoms with van der Waals surface area (Å²) in [5, 5.41) is 0. The molecule has 0 radical (unpaired) electrons. The Hall–Kier alpha value is -1.33. The van der Waals surface area contributed by atoms with Gasteiger partial charge in [-0.1, -0.05) is 0 Å². The molecule has 0 saturated carbocycles. The van der Waals surface area contributed by atoms with Crippen molar-refractivity contribution in [1.29, 1.82) is 0 Å². The zero-order chi connectivity index (χ0) is 17.8. The molecule has 0 bridgehead atoms. The Kier molecular flexibility index (Phi) is 3.82. The molecule has 0 fully saturated rings. The van der Waals surface area contributed by atoms with E-state index in [9.17, 15) is 0 Å². The summed E-state index contributed by atoms with van der Waals surface area (Å²) in [6.07, 6.45) is 4.87. The molecule has 0 heterocycles. The van der Waals surface area contributed by atoms with E-state index in [1.807, 2.05) is 0 Å². The van der Waals surface area contributed by atoms with Gasteiger partial charge in [-0.3, -0.25) is 0 Å². The first-order valence-corrected chi connectivity index (χ1v) is 18.6. The summed E-state index contributed by atoms with van der Waals surface area (Å²) in [6, 6.07) is 18.1. The van der Waals surface area contributed by atoms with Gasteiger partial charge in [0, 0.05) is 0 Å². The van der Waals surface area contributed by atoms with Crippen LogP contribution in [-0.4, -0.2) is 3.71 Å². The van der Waals surface area contributed by atoms with Crippen LogP contribution in [-0.2, 0) is 18.3 Å². The molecule has 2 aromatic carbocycles. The second-order valence-corrected chi connectivity index (χ2v) is 26.6. The fourth-order valence-electron chi connectivity index (χ4n) is 5.88. The molecule has 0 nitrogen and oxygen atoms in total. The van der Waals surface area contributed by atoms with Crippen molar-refractivity contribution in [3.05, 3.63) is 81.9 Å². The molecule has 25 heavy (non-hydrogen) atoms. The van der Waals surface area contributed by atoms with Gasteiger partial charge in [-0.2, -0.15) is 0 Å². The van der Waals surface area contributed by atoms with Gasteiger partial charge in [-0.15, -0.1) is 0 Å². The molecule has 2 aliphatic carbocycles. The van der Waals surface area contributed by atoms with Crippen LogP contribution in [0.25, 0.3) is 12.2 Å². The van der Waals surface area contributed by atoms with Gasteiger partial charge in [-0.05, 0) is 0 Å². The molecule has 0 aromatic heterocycles. The van der Waals surface area contributed by atoms with E-state index in [0.717, 1.165) is 0 Å². The van der Waals surface area contributed by atoms with Crippen molar-refractivity contribution in [2.24, 2.45) is 0 Å². The van der Waals surface area contributed by atoms with Gasteiger partial charge in [-0.25, -0.2) is 0 Å². The maximum atomic E-state index is 2.68. The van der Waals surface area contributed by atoms with Crippen LogP contribution in [0.3, 0.4) is 0 Å². The van der Waals surface area contributed by atoms with Crippen molar-refractivity contribution < 1.29 is 18.3 Å². The SMILES string of the molecule is C[CH]=[Zr]([CH3])([CH3])([CH]1C(C)=Cc2ccccc21)[CH]1C(C)=Cc2ccccc21. The van der Waals surface area contributed by atoms with Crippen LogP contribution in [0, 0.1) is 0 Å². The molecule has 1 heteroatoms. The number of rotatable bonds is 2. The average molecular weight is 408 g/mol. The van der Waals surface area contributed by atoms with Gasteiger partial charge in [0.05, 0.1) is 0 Å². The van der Waals surface area contributed by atoms with Crippen molar-refractivity contribution in [3.63, 3.8) is 0 Å². The Labute approximate surface area is 152 Å². The summed E-state index contributed by atoms with van der Waals surface area (Å²) in [5.74, 6) is 0. The third-order valence-electron chi connectivity index (χ3n) is 7.02. The number of hydrogen-bond acceptors (Lipinski definition) is 0. The molecule has 0 spiro atoms. The third kappa shape index (κ3) is 2.32. The van der Waals surface area contributed by atoms with E-state index in [2.05, 4.69) is 94.4 Å². The Morgan fingerprint density at radius 2 is 1.12 bits per heavy atom. The van der Waals surface area contributed by atoms with E-state index in [4.69, 9.17) is 0 Å². The Morgan fingerprint density at radius 3 is 1.52 bits per heavy atom. The van der Waals surface area contributed by atoms with Crippen LogP contribution in [0.1, 0.15) is 50.3 Å². The van der Waals surface area contributed by atoms with Crippen LogP contribution in [0.5, 0.6) is 0 Å². The molecule has 2 atom stereocenters. The van der Waals surface area contributed by atoms with Gasteiger partial charge in [0.2, 0.25) is 0 Å². The van der Waals surface area contributed by atoms with E-state index in [0.29, 0.717) is 7.25 Å². The second kappa shape index (κ2) is 5.58. The number of allylic oxidation sites excluding steroid dienone is 2. The van der Waals surface area contributed by atoms with Crippen molar-refractivity contribution in [2.45, 2.75) is 37.3 Å². The van der Waals surface area contributed by atoms with Crippen molar-refractivity contribution in [3.8, 4) is 0 Å². The topological polar surface area (TPSA) is 0 Å². The van der Waals surface area contributed by atoms with E-state index in [-0.39, 0.29) is 0 Å². The standard InChI is InChI=1S/2C10H9.C2H4.2CH3.Zr/c2*1-8-6-9-4-2-3-5-10(9)7-8;1-2;;;/h2*2-7H,1H3;1H,2H3;2*1H3;. The van der Waals surface area contributed by atoms with Crippen molar-refractivity contribution >= 4 is 15.9 Å². The first kappa shape index (κ1) is 17.1. The minimum atomic E-state index is -3.36. The molecule has 0 aliphatic heterocycles. The molecular formula is C24H28Zr. The molecule has 0 saturated heterocycles. The quantitative estimate of drug-likeness (QED) is 0.507. The molecule has 128 valence electrons. The zero-order valence-corrected chi connectivity index (χ0v) is 18.5. The summed E-state index contributed by atoms with van der Waals surface area (Å²) in [6.45, 7) is 7.05. The second-order valence-electron chi connectivity index (χ2n) is 8.92. The number of fused-ring (bicyclic) bond motifs is 2. The fraction of sp³-hybridized carbons (Fsp3) is 0.292. The molecule has 4 rings (SSSR count). The van der Waals surface area contributed by atoms with Gasteiger partial charge < -0.3 is 0 Å². The Balaban J connectivity index is 1.99. The number of hydrogen-bond donors (Lipinski definition) is 0. The van der Waals surface area contributed by atoms with Crippen LogP contribution >= 0.6 is 0 Å². The predicted octanol–water partition coefficient (Wildman–Crippen LogP) is 6.91. The zero-order valence-electron chi connectivity index (χ0n) is 16.0. The van der Waals surface area contributed by atoms with Gasteiger partial charge in [0.25, 0.3) is 0 Å². The normalized spacial score (nSPS) is 22.2. The van der Waals surface area contributed by atoms with Gasteiger partial charge in [0.1, 0.15) is 0 Å². The van der Waals surface area contributed by atoms with Crippen LogP contribution in [0.15, 0.2) is 59.7 Å². The summed E-state index contributed by atoms with van der Waals surface area (Å²) in [5.41, 5.74) is 9.11. The summed E-state index contributed by atoms with van der Waals surface area (Å²) < 4.78 is 9.23. The Morgan fingerprint density at radius 1 is 0.720 bits per heavy atom. The maximum absolute atomic E-state index is 3.36. The molecule has 2 aliphatic rings. The predicted molar refractivity (Wildman–Crippen MR) is 109 cm³/mol. The molecule has 2 aromatic rings. The average Bonchev–Trinajstić information content (AvgIpc) is 3.11. The fourth-order valence-corrected chi connectivity index (χ4v) is 21.9. The van der Waals surface area contributed by atoms with Crippen molar-refractivity contribution in [2.75, 3.05) is 0 Å². The van der Waals surface area contributed by atoms with E-state index < -0.39 is 18.3 Å². The first-order valence-electron chi connectivity index (χ1n) is 9.41. The number of benzene rings is 2. The molecule has 0 amide bonds. The summed E-state index contributed by atoms with van der Waals surface area (Å²) in [7, 11) is 0. The first-order chi connectivity index (χ1) is 11.9. The minimum absolute atomic E-state index is 0.599. The summed E-state index contributed by atoms with van der Waals surface area (Å²) in [4.78, 5) is 0. The van der Waals surface area contributed by atoms with E-state index >= 15 is 0 Å². The molecular weight excluding hydrogens is 379 g/mol. The van der Waals surface area contributed by atoms with Crippen LogP contribution in [0.2, 0.25) is 9.26 Å². The molecule has 2 unspecified atom stereocenters.